The Kier molecular flexibility index (Phi) is 8.71. The van der Waals surface area contributed by atoms with E-state index in [0.29, 0.717) is 12.2 Å². The first-order chi connectivity index (χ1) is 13.1. The maximum atomic E-state index is 12.7. The third-order valence-electron chi connectivity index (χ3n) is 4.03. The van der Waals surface area contributed by atoms with E-state index in [4.69, 9.17) is 4.74 Å². The van der Waals surface area contributed by atoms with Crippen molar-refractivity contribution in [2.24, 2.45) is 0 Å². The number of benzene rings is 2. The summed E-state index contributed by atoms with van der Waals surface area (Å²) in [4.78, 5) is 24.9. The van der Waals surface area contributed by atoms with Crippen LogP contribution >= 0.6 is 11.8 Å². The number of hydrogen-bond acceptors (Lipinski definition) is 4. The van der Waals surface area contributed by atoms with Gasteiger partial charge in [-0.05, 0) is 43.0 Å². The molecule has 2 aromatic carbocycles. The highest BCUT2D eigenvalue weighted by Crippen LogP contribution is 2.12. The van der Waals surface area contributed by atoms with E-state index in [1.54, 1.807) is 23.9 Å². The quantitative estimate of drug-likeness (QED) is 0.658. The van der Waals surface area contributed by atoms with Gasteiger partial charge in [0.25, 0.3) is 5.91 Å². The summed E-state index contributed by atoms with van der Waals surface area (Å²) >= 11 is 1.64. The van der Waals surface area contributed by atoms with Gasteiger partial charge in [0.15, 0.2) is 6.61 Å². The average molecular weight is 387 g/mol. The highest BCUT2D eigenvalue weighted by Gasteiger charge is 2.22. The highest BCUT2D eigenvalue weighted by atomic mass is 32.2. The fraction of sp³-hybridized carbons (Fsp3) is 0.333. The zero-order valence-corrected chi connectivity index (χ0v) is 16.5. The van der Waals surface area contributed by atoms with Crippen LogP contribution < -0.4 is 15.4 Å². The van der Waals surface area contributed by atoms with Crippen molar-refractivity contribution >= 4 is 23.6 Å². The fourth-order valence-electron chi connectivity index (χ4n) is 2.55. The molecule has 6 heteroatoms. The number of carbonyl (C=O) groups excluding carboxylic acids is 2. The van der Waals surface area contributed by atoms with E-state index in [0.717, 1.165) is 11.3 Å². The van der Waals surface area contributed by atoms with Crippen molar-refractivity contribution in [2.45, 2.75) is 25.4 Å². The van der Waals surface area contributed by atoms with Crippen molar-refractivity contribution in [3.05, 3.63) is 66.2 Å². The number of thioether (sulfide) groups is 1. The summed E-state index contributed by atoms with van der Waals surface area (Å²) in [6.07, 6.45) is 2.54. The largest absolute Gasteiger partial charge is 0.484 e. The van der Waals surface area contributed by atoms with Gasteiger partial charge >= 0.3 is 0 Å². The number of para-hydroxylation sites is 1. The van der Waals surface area contributed by atoms with Crippen molar-refractivity contribution in [2.75, 3.05) is 18.6 Å². The first-order valence-electron chi connectivity index (χ1n) is 8.91. The van der Waals surface area contributed by atoms with Gasteiger partial charge in [0.1, 0.15) is 11.8 Å². The smallest absolute Gasteiger partial charge is 0.258 e. The molecule has 0 radical (unpaired) electrons. The lowest BCUT2D eigenvalue weighted by atomic mass is 10.1. The summed E-state index contributed by atoms with van der Waals surface area (Å²) in [5.41, 5.74) is 1.02. The van der Waals surface area contributed by atoms with E-state index in [9.17, 15) is 9.59 Å². The minimum atomic E-state index is -0.588. The lowest BCUT2D eigenvalue weighted by Gasteiger charge is -2.21. The van der Waals surface area contributed by atoms with Crippen LogP contribution in [-0.4, -0.2) is 36.5 Å². The lowest BCUT2D eigenvalue weighted by Crippen LogP contribution is -2.48. The Morgan fingerprint density at radius 1 is 1.00 bits per heavy atom. The molecule has 0 aliphatic rings. The molecule has 2 N–H and O–H groups in total. The molecule has 0 aromatic heterocycles. The molecule has 27 heavy (non-hydrogen) atoms. The monoisotopic (exact) mass is 386 g/mol. The summed E-state index contributed by atoms with van der Waals surface area (Å²) in [5.74, 6) is 0.897. The molecule has 2 atom stereocenters. The maximum Gasteiger partial charge on any atom is 0.258 e. The Morgan fingerprint density at radius 2 is 1.63 bits per heavy atom. The Labute approximate surface area is 164 Å². The van der Waals surface area contributed by atoms with E-state index < -0.39 is 6.04 Å². The highest BCUT2D eigenvalue weighted by molar-refractivity contribution is 7.98. The standard InChI is InChI=1S/C21H26N2O3S/c1-16(17-9-5-3-6-10-17)22-21(25)19(13-14-27-2)23-20(24)15-26-18-11-7-4-8-12-18/h3-12,16,19H,13-15H2,1-2H3,(H,22,25)(H,23,24). The molecule has 0 saturated carbocycles. The Hall–Kier alpha value is -2.47. The fourth-order valence-corrected chi connectivity index (χ4v) is 3.02. The predicted octanol–water partition coefficient (Wildman–Crippen LogP) is 3.18. The SMILES string of the molecule is CSCCC(NC(=O)COc1ccccc1)C(=O)NC(C)c1ccccc1. The molecule has 0 aliphatic heterocycles. The van der Waals surface area contributed by atoms with Gasteiger partial charge in [0.2, 0.25) is 5.91 Å². The molecule has 0 fully saturated rings. The second kappa shape index (κ2) is 11.3. The third kappa shape index (κ3) is 7.35. The van der Waals surface area contributed by atoms with Gasteiger partial charge in [-0.1, -0.05) is 48.5 Å². The van der Waals surface area contributed by atoms with E-state index >= 15 is 0 Å². The van der Waals surface area contributed by atoms with Crippen LogP contribution in [0.2, 0.25) is 0 Å². The average Bonchev–Trinajstić information content (AvgIpc) is 2.70. The van der Waals surface area contributed by atoms with Crippen LogP contribution in [0.25, 0.3) is 0 Å². The van der Waals surface area contributed by atoms with E-state index in [1.807, 2.05) is 61.7 Å². The zero-order valence-electron chi connectivity index (χ0n) is 15.7. The van der Waals surface area contributed by atoms with Crippen LogP contribution in [0.5, 0.6) is 5.75 Å². The topological polar surface area (TPSA) is 67.4 Å². The summed E-state index contributed by atoms with van der Waals surface area (Å²) in [5, 5.41) is 5.77. The summed E-state index contributed by atoms with van der Waals surface area (Å²) in [7, 11) is 0. The van der Waals surface area contributed by atoms with E-state index in [1.165, 1.54) is 0 Å². The molecule has 5 nitrogen and oxygen atoms in total. The number of carbonyl (C=O) groups is 2. The summed E-state index contributed by atoms with van der Waals surface area (Å²) in [6, 6.07) is 18.2. The second-order valence-electron chi connectivity index (χ2n) is 6.14. The van der Waals surface area contributed by atoms with Crippen LogP contribution in [0.4, 0.5) is 0 Å². The molecule has 0 heterocycles. The van der Waals surface area contributed by atoms with Crippen LogP contribution in [0, 0.1) is 0 Å². The van der Waals surface area contributed by atoms with Gasteiger partial charge < -0.3 is 15.4 Å². The van der Waals surface area contributed by atoms with Gasteiger partial charge in [-0.3, -0.25) is 9.59 Å². The minimum absolute atomic E-state index is 0.124. The van der Waals surface area contributed by atoms with Crippen LogP contribution in [0.1, 0.15) is 24.9 Å². The molecule has 2 rings (SSSR count). The van der Waals surface area contributed by atoms with Crippen LogP contribution in [0.3, 0.4) is 0 Å². The summed E-state index contributed by atoms with van der Waals surface area (Å²) < 4.78 is 5.45. The number of amides is 2. The minimum Gasteiger partial charge on any atom is -0.484 e. The van der Waals surface area contributed by atoms with E-state index in [-0.39, 0.29) is 24.5 Å². The number of nitrogens with one attached hydrogen (secondary N) is 2. The third-order valence-corrected chi connectivity index (χ3v) is 4.68. The molecule has 2 unspecified atom stereocenters. The normalized spacial score (nSPS) is 12.7. The van der Waals surface area contributed by atoms with Gasteiger partial charge in [0.05, 0.1) is 6.04 Å². The Bertz CT molecular complexity index is 710. The van der Waals surface area contributed by atoms with Gasteiger partial charge in [-0.15, -0.1) is 0 Å². The Balaban J connectivity index is 1.90. The summed E-state index contributed by atoms with van der Waals surface area (Å²) in [6.45, 7) is 1.81. The maximum absolute atomic E-state index is 12.7. The molecular weight excluding hydrogens is 360 g/mol. The molecule has 0 aliphatic carbocycles. The number of hydrogen-bond donors (Lipinski definition) is 2. The van der Waals surface area contributed by atoms with Gasteiger partial charge in [0, 0.05) is 0 Å². The van der Waals surface area contributed by atoms with E-state index in [2.05, 4.69) is 10.6 Å². The zero-order chi connectivity index (χ0) is 19.5. The van der Waals surface area contributed by atoms with Crippen molar-refractivity contribution in [3.63, 3.8) is 0 Å². The number of ether oxygens (including phenoxy) is 1. The van der Waals surface area contributed by atoms with Crippen LogP contribution in [0.15, 0.2) is 60.7 Å². The van der Waals surface area contributed by atoms with Gasteiger partial charge in [-0.25, -0.2) is 0 Å². The first kappa shape index (κ1) is 20.8. The van der Waals surface area contributed by atoms with Crippen molar-refractivity contribution in [1.82, 2.24) is 10.6 Å². The molecule has 0 saturated heterocycles. The molecule has 0 spiro atoms. The molecule has 144 valence electrons. The van der Waals surface area contributed by atoms with Gasteiger partial charge in [-0.2, -0.15) is 11.8 Å². The van der Waals surface area contributed by atoms with Crippen molar-refractivity contribution in [1.29, 1.82) is 0 Å². The second-order valence-corrected chi connectivity index (χ2v) is 7.13. The van der Waals surface area contributed by atoms with Crippen LogP contribution in [-0.2, 0) is 9.59 Å². The number of rotatable bonds is 10. The van der Waals surface area contributed by atoms with Crippen molar-refractivity contribution < 1.29 is 14.3 Å². The predicted molar refractivity (Wildman–Crippen MR) is 110 cm³/mol. The molecule has 2 aromatic rings. The van der Waals surface area contributed by atoms with Crippen molar-refractivity contribution in [3.8, 4) is 5.75 Å². The first-order valence-corrected chi connectivity index (χ1v) is 10.3. The lowest BCUT2D eigenvalue weighted by molar-refractivity contribution is -0.130. The molecule has 2 amide bonds. The Morgan fingerprint density at radius 3 is 2.26 bits per heavy atom. The molecule has 0 bridgehead atoms. The molecular formula is C21H26N2O3S.